The van der Waals surface area contributed by atoms with E-state index in [2.05, 4.69) is 15.9 Å². The van der Waals surface area contributed by atoms with E-state index in [1.165, 1.54) is 5.56 Å². The van der Waals surface area contributed by atoms with Gasteiger partial charge in [-0.05, 0) is 25.3 Å². The molecule has 2 atom stereocenters. The highest BCUT2D eigenvalue weighted by Gasteiger charge is 2.34. The van der Waals surface area contributed by atoms with Gasteiger partial charge in [-0.25, -0.2) is 8.42 Å². The molecule has 0 N–H and O–H groups in total. The normalized spacial score (nSPS) is 25.4. The second-order valence-corrected chi connectivity index (χ2v) is 8.04. The Bertz CT molecular complexity index is 479. The molecule has 1 heterocycles. The molecule has 94 valence electrons. The van der Waals surface area contributed by atoms with Crippen LogP contribution in [0.1, 0.15) is 35.2 Å². The van der Waals surface area contributed by atoms with Crippen LogP contribution in [-0.2, 0) is 9.84 Å². The summed E-state index contributed by atoms with van der Waals surface area (Å²) in [5.41, 5.74) is 2.26. The van der Waals surface area contributed by atoms with Gasteiger partial charge in [-0.2, -0.15) is 0 Å². The van der Waals surface area contributed by atoms with Gasteiger partial charge >= 0.3 is 0 Å². The van der Waals surface area contributed by atoms with Crippen molar-refractivity contribution in [1.29, 1.82) is 0 Å². The van der Waals surface area contributed by atoms with Crippen molar-refractivity contribution in [3.63, 3.8) is 0 Å². The highest BCUT2D eigenvalue weighted by molar-refractivity contribution is 9.09. The second-order valence-electron chi connectivity index (χ2n) is 4.71. The molecule has 1 saturated heterocycles. The predicted molar refractivity (Wildman–Crippen MR) is 74.3 cm³/mol. The first-order valence-corrected chi connectivity index (χ1v) is 8.56. The smallest absolute Gasteiger partial charge is 0.154 e. The monoisotopic (exact) mass is 316 g/mol. The molecule has 0 aliphatic carbocycles. The molecule has 2 nitrogen and oxygen atoms in total. The molecule has 0 spiro atoms. The number of aryl methyl sites for hydroxylation is 1. The van der Waals surface area contributed by atoms with E-state index in [0.717, 1.165) is 24.8 Å². The van der Waals surface area contributed by atoms with Crippen molar-refractivity contribution < 1.29 is 8.42 Å². The summed E-state index contributed by atoms with van der Waals surface area (Å²) >= 11 is 3.57. The largest absolute Gasteiger partial charge is 0.228 e. The quantitative estimate of drug-likeness (QED) is 0.784. The minimum atomic E-state index is -2.93. The molecule has 17 heavy (non-hydrogen) atoms. The van der Waals surface area contributed by atoms with Crippen LogP contribution in [0.4, 0.5) is 0 Å². The standard InChI is InChI=1S/C13H17BrO2S/c1-10-5-7-11(8-6-10)13(14)12-4-2-3-9-17(12,15)16/h5-8,12-13H,2-4,9H2,1H3. The lowest BCUT2D eigenvalue weighted by molar-refractivity contribution is 0.537. The molecule has 0 saturated carbocycles. The van der Waals surface area contributed by atoms with Gasteiger partial charge in [0.05, 0.1) is 15.8 Å². The molecule has 1 aromatic rings. The van der Waals surface area contributed by atoms with Crippen molar-refractivity contribution in [3.8, 4) is 0 Å². The molecule has 1 fully saturated rings. The van der Waals surface area contributed by atoms with E-state index in [1.807, 2.05) is 31.2 Å². The van der Waals surface area contributed by atoms with Gasteiger partial charge in [-0.3, -0.25) is 0 Å². The summed E-state index contributed by atoms with van der Waals surface area (Å²) in [6, 6.07) is 8.08. The zero-order chi connectivity index (χ0) is 12.5. The molecule has 2 rings (SSSR count). The van der Waals surface area contributed by atoms with Crippen LogP contribution in [0.25, 0.3) is 0 Å². The maximum Gasteiger partial charge on any atom is 0.154 e. The zero-order valence-electron chi connectivity index (χ0n) is 9.90. The van der Waals surface area contributed by atoms with E-state index in [0.29, 0.717) is 5.75 Å². The van der Waals surface area contributed by atoms with Gasteiger partial charge in [0, 0.05) is 0 Å². The van der Waals surface area contributed by atoms with Gasteiger partial charge in [0.25, 0.3) is 0 Å². The third kappa shape index (κ3) is 2.91. The molecule has 1 aromatic carbocycles. The van der Waals surface area contributed by atoms with Gasteiger partial charge in [-0.15, -0.1) is 0 Å². The Morgan fingerprint density at radius 1 is 1.24 bits per heavy atom. The number of alkyl halides is 1. The fraction of sp³-hybridized carbons (Fsp3) is 0.538. The average Bonchev–Trinajstić information content (AvgIpc) is 2.28. The third-order valence-corrected chi connectivity index (χ3v) is 7.16. The van der Waals surface area contributed by atoms with Crippen molar-refractivity contribution in [2.24, 2.45) is 0 Å². The van der Waals surface area contributed by atoms with Gasteiger partial charge in [0.1, 0.15) is 0 Å². The van der Waals surface area contributed by atoms with Crippen LogP contribution < -0.4 is 0 Å². The third-order valence-electron chi connectivity index (χ3n) is 3.35. The second kappa shape index (κ2) is 5.11. The van der Waals surface area contributed by atoms with E-state index in [9.17, 15) is 8.42 Å². The number of halogens is 1. The first kappa shape index (κ1) is 13.1. The summed E-state index contributed by atoms with van der Waals surface area (Å²) in [4.78, 5) is -0.0756. The van der Waals surface area contributed by atoms with Gasteiger partial charge in [0.15, 0.2) is 9.84 Å². The number of hydrogen-bond acceptors (Lipinski definition) is 2. The van der Waals surface area contributed by atoms with Crippen LogP contribution in [0.5, 0.6) is 0 Å². The van der Waals surface area contributed by atoms with Gasteiger partial charge in [-0.1, -0.05) is 52.2 Å². The van der Waals surface area contributed by atoms with Crippen molar-refractivity contribution in [1.82, 2.24) is 0 Å². The van der Waals surface area contributed by atoms with E-state index < -0.39 is 9.84 Å². The lowest BCUT2D eigenvalue weighted by atomic mass is 10.0. The molecule has 0 radical (unpaired) electrons. The fourth-order valence-corrected chi connectivity index (χ4v) is 5.79. The minimum Gasteiger partial charge on any atom is -0.228 e. The van der Waals surface area contributed by atoms with Crippen molar-refractivity contribution in [2.75, 3.05) is 5.75 Å². The number of rotatable bonds is 2. The molecule has 0 amide bonds. The summed E-state index contributed by atoms with van der Waals surface area (Å²) in [7, 11) is -2.93. The Labute approximate surface area is 111 Å². The lowest BCUT2D eigenvalue weighted by Crippen LogP contribution is -2.31. The highest BCUT2D eigenvalue weighted by atomic mass is 79.9. The van der Waals surface area contributed by atoms with Crippen LogP contribution in [0.15, 0.2) is 24.3 Å². The van der Waals surface area contributed by atoms with Crippen molar-refractivity contribution in [2.45, 2.75) is 36.3 Å². The van der Waals surface area contributed by atoms with Crippen molar-refractivity contribution in [3.05, 3.63) is 35.4 Å². The van der Waals surface area contributed by atoms with E-state index in [1.54, 1.807) is 0 Å². The summed E-state index contributed by atoms with van der Waals surface area (Å²) in [6.45, 7) is 2.03. The molecule has 2 unspecified atom stereocenters. The molecule has 1 aliphatic heterocycles. The van der Waals surface area contributed by atoms with E-state index in [-0.39, 0.29) is 10.1 Å². The van der Waals surface area contributed by atoms with Crippen LogP contribution in [-0.4, -0.2) is 19.4 Å². The van der Waals surface area contributed by atoms with E-state index in [4.69, 9.17) is 0 Å². The Morgan fingerprint density at radius 3 is 2.47 bits per heavy atom. The fourth-order valence-electron chi connectivity index (χ4n) is 2.27. The van der Waals surface area contributed by atoms with Crippen molar-refractivity contribution >= 4 is 25.8 Å². The summed E-state index contributed by atoms with van der Waals surface area (Å²) in [5, 5.41) is -0.265. The first-order valence-electron chi connectivity index (χ1n) is 5.93. The molecular weight excluding hydrogens is 300 g/mol. The summed E-state index contributed by atoms with van der Waals surface area (Å²) in [6.07, 6.45) is 2.59. The zero-order valence-corrected chi connectivity index (χ0v) is 12.3. The SMILES string of the molecule is Cc1ccc(C(Br)C2CCCCS2(=O)=O)cc1. The van der Waals surface area contributed by atoms with Crippen LogP contribution in [0, 0.1) is 6.92 Å². The van der Waals surface area contributed by atoms with Crippen LogP contribution >= 0.6 is 15.9 Å². The summed E-state index contributed by atoms with van der Waals surface area (Å²) < 4.78 is 24.1. The number of sulfone groups is 1. The number of hydrogen-bond donors (Lipinski definition) is 0. The van der Waals surface area contributed by atoms with E-state index >= 15 is 0 Å². The maximum absolute atomic E-state index is 12.0. The number of benzene rings is 1. The predicted octanol–water partition coefficient (Wildman–Crippen LogP) is 3.40. The molecule has 4 heteroatoms. The Balaban J connectivity index is 2.24. The van der Waals surface area contributed by atoms with Gasteiger partial charge < -0.3 is 0 Å². The average molecular weight is 317 g/mol. The molecular formula is C13H17BrO2S. The van der Waals surface area contributed by atoms with Crippen LogP contribution in [0.2, 0.25) is 0 Å². The molecule has 0 aromatic heterocycles. The Kier molecular flexibility index (Phi) is 3.93. The topological polar surface area (TPSA) is 34.1 Å². The molecule has 0 bridgehead atoms. The summed E-state index contributed by atoms with van der Waals surface area (Å²) in [5.74, 6) is 0.339. The van der Waals surface area contributed by atoms with Crippen LogP contribution in [0.3, 0.4) is 0 Å². The highest BCUT2D eigenvalue weighted by Crippen LogP contribution is 2.36. The first-order chi connectivity index (χ1) is 8.00. The molecule has 1 aliphatic rings. The Hall–Kier alpha value is -0.350. The van der Waals surface area contributed by atoms with Gasteiger partial charge in [0.2, 0.25) is 0 Å². The lowest BCUT2D eigenvalue weighted by Gasteiger charge is -2.26. The maximum atomic E-state index is 12.0. The Morgan fingerprint density at radius 2 is 1.88 bits per heavy atom. The minimum absolute atomic E-state index is 0.0756.